The molecule has 7 heteroatoms. The van der Waals surface area contributed by atoms with E-state index in [9.17, 15) is 18.9 Å². The van der Waals surface area contributed by atoms with Crippen LogP contribution in [-0.4, -0.2) is 35.6 Å². The van der Waals surface area contributed by atoms with Crippen molar-refractivity contribution in [1.29, 1.82) is 0 Å². The van der Waals surface area contributed by atoms with Crippen molar-refractivity contribution >= 4 is 0 Å². The molecule has 0 amide bonds. The summed E-state index contributed by atoms with van der Waals surface area (Å²) in [6.07, 6.45) is 0. The van der Waals surface area contributed by atoms with E-state index in [4.69, 9.17) is 0 Å². The number of rotatable bonds is 6. The van der Waals surface area contributed by atoms with E-state index >= 15 is 0 Å². The monoisotopic (exact) mass is 348 g/mol. The zero-order valence-corrected chi connectivity index (χ0v) is 13.4. The van der Waals surface area contributed by atoms with Crippen LogP contribution in [0.3, 0.4) is 0 Å². The van der Waals surface area contributed by atoms with Crippen LogP contribution in [0.15, 0.2) is 54.6 Å². The quantitative estimate of drug-likeness (QED) is 0.592. The van der Waals surface area contributed by atoms with E-state index in [-0.39, 0.29) is 16.6 Å². The summed E-state index contributed by atoms with van der Waals surface area (Å²) in [5.41, 5.74) is 1.87. The minimum absolute atomic E-state index is 0.0514. The molecular weight excluding hydrogens is 330 g/mol. The van der Waals surface area contributed by atoms with E-state index in [2.05, 4.69) is 9.64 Å². The Balaban J connectivity index is 1.73. The lowest BCUT2D eigenvalue weighted by atomic mass is 9.95. The highest BCUT2D eigenvalue weighted by Gasteiger charge is 2.41. The standard InChI is InChI=1S/C18H18F2N2O3/c19-18(20)25-15-8-6-14(7-9-15)16-11-21(12-17(16)22(23)24)10-13-4-2-1-3-5-13/h1-9,16-18H,10-12H2. The number of ether oxygens (including phenoxy) is 1. The lowest BCUT2D eigenvalue weighted by molar-refractivity contribution is -0.521. The number of halogens is 2. The molecule has 3 rings (SSSR count). The van der Waals surface area contributed by atoms with E-state index in [0.29, 0.717) is 19.6 Å². The van der Waals surface area contributed by atoms with Gasteiger partial charge in [-0.25, -0.2) is 0 Å². The summed E-state index contributed by atoms with van der Waals surface area (Å²) in [4.78, 5) is 13.3. The molecule has 2 unspecified atom stereocenters. The maximum atomic E-state index is 12.2. The largest absolute Gasteiger partial charge is 0.435 e. The van der Waals surface area contributed by atoms with Crippen molar-refractivity contribution < 1.29 is 18.4 Å². The van der Waals surface area contributed by atoms with Crippen molar-refractivity contribution in [2.75, 3.05) is 13.1 Å². The minimum Gasteiger partial charge on any atom is -0.435 e. The zero-order valence-electron chi connectivity index (χ0n) is 13.4. The summed E-state index contributed by atoms with van der Waals surface area (Å²) in [6.45, 7) is -1.32. The average Bonchev–Trinajstić information content (AvgIpc) is 3.00. The number of nitrogens with zero attached hydrogens (tertiary/aromatic N) is 2. The van der Waals surface area contributed by atoms with Gasteiger partial charge in [0.15, 0.2) is 0 Å². The molecule has 1 aliphatic heterocycles. The maximum absolute atomic E-state index is 12.2. The summed E-state index contributed by atoms with van der Waals surface area (Å²) in [6, 6.07) is 15.2. The predicted octanol–water partition coefficient (Wildman–Crippen LogP) is 3.53. The van der Waals surface area contributed by atoms with Crippen LogP contribution in [0.4, 0.5) is 8.78 Å². The number of nitro groups is 1. The van der Waals surface area contributed by atoms with Gasteiger partial charge in [-0.15, -0.1) is 0 Å². The molecule has 0 aromatic heterocycles. The molecule has 1 saturated heterocycles. The van der Waals surface area contributed by atoms with Gasteiger partial charge in [-0.3, -0.25) is 15.0 Å². The van der Waals surface area contributed by atoms with Gasteiger partial charge in [-0.05, 0) is 23.3 Å². The van der Waals surface area contributed by atoms with Crippen molar-refractivity contribution in [2.45, 2.75) is 25.1 Å². The number of hydrogen-bond donors (Lipinski definition) is 0. The van der Waals surface area contributed by atoms with Gasteiger partial charge in [0.25, 0.3) is 0 Å². The van der Waals surface area contributed by atoms with E-state index in [1.807, 2.05) is 30.3 Å². The minimum atomic E-state index is -2.88. The smallest absolute Gasteiger partial charge is 0.387 e. The van der Waals surface area contributed by atoms with Crippen LogP contribution < -0.4 is 4.74 Å². The van der Waals surface area contributed by atoms with Gasteiger partial charge in [0.1, 0.15) is 5.75 Å². The van der Waals surface area contributed by atoms with Crippen molar-refractivity contribution in [3.05, 3.63) is 75.8 Å². The molecule has 0 saturated carbocycles. The van der Waals surface area contributed by atoms with Crippen molar-refractivity contribution in [1.82, 2.24) is 4.90 Å². The third kappa shape index (κ3) is 4.30. The van der Waals surface area contributed by atoms with Crippen LogP contribution in [0.25, 0.3) is 0 Å². The van der Waals surface area contributed by atoms with Crippen molar-refractivity contribution in [2.24, 2.45) is 0 Å². The molecule has 0 N–H and O–H groups in total. The van der Waals surface area contributed by atoms with Crippen molar-refractivity contribution in [3.63, 3.8) is 0 Å². The molecule has 2 atom stereocenters. The summed E-state index contributed by atoms with van der Waals surface area (Å²) in [5, 5.41) is 11.5. The first-order valence-electron chi connectivity index (χ1n) is 7.97. The number of likely N-dealkylation sites (tertiary alicyclic amines) is 1. The SMILES string of the molecule is O=[N+]([O-])C1CN(Cc2ccccc2)CC1c1ccc(OC(F)F)cc1. The second-order valence-electron chi connectivity index (χ2n) is 6.09. The lowest BCUT2D eigenvalue weighted by Gasteiger charge is -2.15. The molecule has 1 heterocycles. The Morgan fingerprint density at radius 1 is 1.12 bits per heavy atom. The highest BCUT2D eigenvalue weighted by Crippen LogP contribution is 2.31. The van der Waals surface area contributed by atoms with Gasteiger partial charge in [-0.2, -0.15) is 8.78 Å². The number of alkyl halides is 2. The summed E-state index contributed by atoms with van der Waals surface area (Å²) in [5.74, 6) is -0.227. The third-order valence-corrected chi connectivity index (χ3v) is 4.42. The molecule has 2 aromatic rings. The van der Waals surface area contributed by atoms with Crippen molar-refractivity contribution in [3.8, 4) is 5.75 Å². The van der Waals surface area contributed by atoms with E-state index in [0.717, 1.165) is 11.1 Å². The molecule has 0 aliphatic carbocycles. The fourth-order valence-corrected chi connectivity index (χ4v) is 3.27. The second-order valence-corrected chi connectivity index (χ2v) is 6.09. The molecule has 1 aliphatic rings. The number of benzene rings is 2. The van der Waals surface area contributed by atoms with E-state index in [1.54, 1.807) is 12.1 Å². The van der Waals surface area contributed by atoms with Gasteiger partial charge < -0.3 is 4.74 Å². The highest BCUT2D eigenvalue weighted by atomic mass is 19.3. The molecule has 132 valence electrons. The first kappa shape index (κ1) is 17.3. The van der Waals surface area contributed by atoms with Crippen LogP contribution in [0.2, 0.25) is 0 Å². The second kappa shape index (κ2) is 7.57. The molecule has 0 radical (unpaired) electrons. The highest BCUT2D eigenvalue weighted by molar-refractivity contribution is 5.31. The fraction of sp³-hybridized carbons (Fsp3) is 0.333. The predicted molar refractivity (Wildman–Crippen MR) is 88.3 cm³/mol. The Kier molecular flexibility index (Phi) is 5.23. The van der Waals surface area contributed by atoms with Gasteiger partial charge in [-0.1, -0.05) is 42.5 Å². The summed E-state index contributed by atoms with van der Waals surface area (Å²) in [7, 11) is 0. The molecule has 0 bridgehead atoms. The zero-order chi connectivity index (χ0) is 17.8. The summed E-state index contributed by atoms with van der Waals surface area (Å²) < 4.78 is 28.8. The summed E-state index contributed by atoms with van der Waals surface area (Å²) >= 11 is 0. The number of hydrogen-bond acceptors (Lipinski definition) is 4. The molecule has 5 nitrogen and oxygen atoms in total. The van der Waals surface area contributed by atoms with Crippen LogP contribution in [0.1, 0.15) is 17.0 Å². The average molecular weight is 348 g/mol. The Labute approximate surface area is 144 Å². The Morgan fingerprint density at radius 3 is 2.40 bits per heavy atom. The lowest BCUT2D eigenvalue weighted by Crippen LogP contribution is -2.28. The van der Waals surface area contributed by atoms with E-state index < -0.39 is 12.7 Å². The normalized spacial score (nSPS) is 20.8. The Hall–Kier alpha value is -2.54. The van der Waals surface area contributed by atoms with Gasteiger partial charge in [0.2, 0.25) is 6.04 Å². The van der Waals surface area contributed by atoms with E-state index in [1.165, 1.54) is 12.1 Å². The first-order chi connectivity index (χ1) is 12.0. The molecule has 1 fully saturated rings. The molecular formula is C18H18F2N2O3. The van der Waals surface area contributed by atoms with Gasteiger partial charge >= 0.3 is 6.61 Å². The molecule has 2 aromatic carbocycles. The Morgan fingerprint density at radius 2 is 1.80 bits per heavy atom. The molecule has 25 heavy (non-hydrogen) atoms. The third-order valence-electron chi connectivity index (χ3n) is 4.42. The maximum Gasteiger partial charge on any atom is 0.387 e. The fourth-order valence-electron chi connectivity index (χ4n) is 3.27. The van der Waals surface area contributed by atoms with Gasteiger partial charge in [0.05, 0.1) is 12.5 Å². The topological polar surface area (TPSA) is 55.6 Å². The Bertz CT molecular complexity index is 710. The van der Waals surface area contributed by atoms with Crippen LogP contribution in [-0.2, 0) is 6.54 Å². The van der Waals surface area contributed by atoms with Crippen LogP contribution in [0, 0.1) is 10.1 Å². The first-order valence-corrected chi connectivity index (χ1v) is 7.97. The molecule has 0 spiro atoms. The van der Waals surface area contributed by atoms with Gasteiger partial charge in [0, 0.05) is 18.0 Å². The van der Waals surface area contributed by atoms with Crippen LogP contribution in [0.5, 0.6) is 5.75 Å². The van der Waals surface area contributed by atoms with Crippen LogP contribution >= 0.6 is 0 Å².